The van der Waals surface area contributed by atoms with Crippen molar-refractivity contribution in [1.82, 2.24) is 5.32 Å². The summed E-state index contributed by atoms with van der Waals surface area (Å²) in [5.41, 5.74) is 1.23. The van der Waals surface area contributed by atoms with Gasteiger partial charge >= 0.3 is 0 Å². The molecule has 0 fully saturated rings. The molecule has 0 bridgehead atoms. The van der Waals surface area contributed by atoms with Gasteiger partial charge in [-0.15, -0.1) is 0 Å². The predicted molar refractivity (Wildman–Crippen MR) is 82.7 cm³/mol. The molecule has 0 unspecified atom stereocenters. The minimum atomic E-state index is -0.379. The minimum absolute atomic E-state index is 0.111. The zero-order chi connectivity index (χ0) is 16.2. The van der Waals surface area contributed by atoms with E-state index in [1.165, 1.54) is 17.2 Å². The summed E-state index contributed by atoms with van der Waals surface area (Å²) in [6.45, 7) is 0.678. The molecule has 23 heavy (non-hydrogen) atoms. The fraction of sp³-hybridized carbons (Fsp3) is 0.294. The van der Waals surface area contributed by atoms with Gasteiger partial charge in [0.15, 0.2) is 5.76 Å². The first-order valence-electron chi connectivity index (χ1n) is 7.56. The van der Waals surface area contributed by atoms with E-state index in [4.69, 9.17) is 4.42 Å². The van der Waals surface area contributed by atoms with Crippen LogP contribution >= 0.6 is 0 Å². The number of hydrogen-bond acceptors (Lipinski definition) is 3. The van der Waals surface area contributed by atoms with Crippen LogP contribution in [0.15, 0.2) is 41.0 Å². The first-order valence-corrected chi connectivity index (χ1v) is 7.56. The molecule has 0 radical (unpaired) electrons. The zero-order valence-electron chi connectivity index (χ0n) is 12.5. The lowest BCUT2D eigenvalue weighted by molar-refractivity contribution is -0.118. The first kappa shape index (κ1) is 15.3. The lowest BCUT2D eigenvalue weighted by Gasteiger charge is -2.29. The highest BCUT2D eigenvalue weighted by Crippen LogP contribution is 2.30. The standard InChI is InChI=1S/C17H17FN2O3/c18-13-6-1-4-12-5-2-10-20(16(12)13)15(21)8-9-19-17(22)14-7-3-11-23-14/h1,3-4,6-7,11H,2,5,8-10H2,(H,19,22). The number of hydrogen-bond donors (Lipinski definition) is 1. The number of amides is 2. The van der Waals surface area contributed by atoms with Crippen LogP contribution in [-0.4, -0.2) is 24.9 Å². The fourth-order valence-corrected chi connectivity index (χ4v) is 2.77. The number of fused-ring (bicyclic) bond motifs is 1. The minimum Gasteiger partial charge on any atom is -0.459 e. The Morgan fingerprint density at radius 2 is 2.13 bits per heavy atom. The molecule has 2 amide bonds. The Hall–Kier alpha value is -2.63. The number of furan rings is 1. The van der Waals surface area contributed by atoms with Gasteiger partial charge in [-0.25, -0.2) is 4.39 Å². The molecule has 0 saturated heterocycles. The number of halogens is 1. The van der Waals surface area contributed by atoms with Crippen molar-refractivity contribution in [3.8, 4) is 0 Å². The summed E-state index contributed by atoms with van der Waals surface area (Å²) in [7, 11) is 0. The second-order valence-electron chi connectivity index (χ2n) is 5.38. The maximum Gasteiger partial charge on any atom is 0.286 e. The Morgan fingerprint density at radius 1 is 1.26 bits per heavy atom. The zero-order valence-corrected chi connectivity index (χ0v) is 12.5. The van der Waals surface area contributed by atoms with Gasteiger partial charge in [0.2, 0.25) is 5.91 Å². The summed E-state index contributed by atoms with van der Waals surface area (Å²) in [6.07, 6.45) is 3.10. The molecule has 5 nitrogen and oxygen atoms in total. The number of aryl methyl sites for hydroxylation is 1. The van der Waals surface area contributed by atoms with E-state index in [2.05, 4.69) is 5.32 Å². The number of anilines is 1. The lowest BCUT2D eigenvalue weighted by Crippen LogP contribution is -2.38. The Kier molecular flexibility index (Phi) is 4.41. The van der Waals surface area contributed by atoms with Gasteiger partial charge in [0.1, 0.15) is 5.82 Å². The molecular weight excluding hydrogens is 299 g/mol. The van der Waals surface area contributed by atoms with E-state index in [0.717, 1.165) is 18.4 Å². The number of para-hydroxylation sites is 1. The van der Waals surface area contributed by atoms with Crippen molar-refractivity contribution in [2.24, 2.45) is 0 Å². The molecule has 1 N–H and O–H groups in total. The Balaban J connectivity index is 1.61. The third-order valence-electron chi connectivity index (χ3n) is 3.84. The molecule has 1 aromatic heterocycles. The topological polar surface area (TPSA) is 62.6 Å². The van der Waals surface area contributed by atoms with Crippen LogP contribution in [0.2, 0.25) is 0 Å². The van der Waals surface area contributed by atoms with Gasteiger partial charge in [-0.2, -0.15) is 0 Å². The van der Waals surface area contributed by atoms with Crippen LogP contribution < -0.4 is 10.2 Å². The lowest BCUT2D eigenvalue weighted by atomic mass is 10.0. The van der Waals surface area contributed by atoms with Gasteiger partial charge in [0, 0.05) is 19.5 Å². The maximum atomic E-state index is 14.0. The van der Waals surface area contributed by atoms with Gasteiger partial charge in [-0.3, -0.25) is 9.59 Å². The molecule has 3 rings (SSSR count). The largest absolute Gasteiger partial charge is 0.459 e. The molecule has 0 aliphatic carbocycles. The normalized spacial score (nSPS) is 13.5. The van der Waals surface area contributed by atoms with Gasteiger partial charge < -0.3 is 14.6 Å². The summed E-state index contributed by atoms with van der Waals surface area (Å²) in [6, 6.07) is 8.03. The summed E-state index contributed by atoms with van der Waals surface area (Å²) in [5.74, 6) is -0.745. The number of carbonyl (C=O) groups is 2. The number of nitrogens with zero attached hydrogens (tertiary/aromatic N) is 1. The van der Waals surface area contributed by atoms with Crippen molar-refractivity contribution in [3.05, 3.63) is 53.7 Å². The van der Waals surface area contributed by atoms with Crippen molar-refractivity contribution in [2.75, 3.05) is 18.0 Å². The number of carbonyl (C=O) groups excluding carboxylic acids is 2. The third kappa shape index (κ3) is 3.26. The van der Waals surface area contributed by atoms with Gasteiger partial charge in [-0.05, 0) is 36.6 Å². The molecule has 1 aliphatic rings. The van der Waals surface area contributed by atoms with Crippen LogP contribution in [0.1, 0.15) is 29.0 Å². The molecule has 1 aromatic carbocycles. The highest BCUT2D eigenvalue weighted by molar-refractivity contribution is 5.96. The van der Waals surface area contributed by atoms with Crippen LogP contribution in [-0.2, 0) is 11.2 Å². The smallest absolute Gasteiger partial charge is 0.286 e. The maximum absolute atomic E-state index is 14.0. The summed E-state index contributed by atoms with van der Waals surface area (Å²) < 4.78 is 19.0. The molecule has 2 aromatic rings. The highest BCUT2D eigenvalue weighted by atomic mass is 19.1. The van der Waals surface area contributed by atoms with Gasteiger partial charge in [0.25, 0.3) is 5.91 Å². The van der Waals surface area contributed by atoms with Crippen molar-refractivity contribution in [2.45, 2.75) is 19.3 Å². The summed E-state index contributed by atoms with van der Waals surface area (Å²) in [5, 5.41) is 2.62. The molecule has 1 aliphatic heterocycles. The second-order valence-corrected chi connectivity index (χ2v) is 5.38. The molecule has 0 atom stereocenters. The third-order valence-corrected chi connectivity index (χ3v) is 3.84. The van der Waals surface area contributed by atoms with Crippen LogP contribution in [0.3, 0.4) is 0 Å². The average molecular weight is 316 g/mol. The highest BCUT2D eigenvalue weighted by Gasteiger charge is 2.25. The monoisotopic (exact) mass is 316 g/mol. The Labute approximate surface area is 133 Å². The molecular formula is C17H17FN2O3. The molecule has 6 heteroatoms. The van der Waals surface area contributed by atoms with E-state index < -0.39 is 0 Å². The molecule has 0 spiro atoms. The summed E-state index contributed by atoms with van der Waals surface area (Å²) >= 11 is 0. The first-order chi connectivity index (χ1) is 11.2. The SMILES string of the molecule is O=C(NCCC(=O)N1CCCc2cccc(F)c21)c1ccco1. The quantitative estimate of drug-likeness (QED) is 0.943. The van der Waals surface area contributed by atoms with E-state index in [0.29, 0.717) is 12.2 Å². The van der Waals surface area contributed by atoms with Crippen molar-refractivity contribution >= 4 is 17.5 Å². The molecule has 2 heterocycles. The average Bonchev–Trinajstić information content (AvgIpc) is 3.09. The van der Waals surface area contributed by atoms with E-state index in [1.807, 2.05) is 6.07 Å². The van der Waals surface area contributed by atoms with Crippen LogP contribution in [0.5, 0.6) is 0 Å². The molecule has 0 saturated carbocycles. The van der Waals surface area contributed by atoms with Gasteiger partial charge in [-0.1, -0.05) is 12.1 Å². The number of nitrogens with one attached hydrogen (secondary N) is 1. The predicted octanol–water partition coefficient (Wildman–Crippen LogP) is 2.52. The molecule has 120 valence electrons. The van der Waals surface area contributed by atoms with E-state index >= 15 is 0 Å². The number of benzene rings is 1. The van der Waals surface area contributed by atoms with E-state index in [9.17, 15) is 14.0 Å². The second kappa shape index (κ2) is 6.64. The van der Waals surface area contributed by atoms with Crippen molar-refractivity contribution in [1.29, 1.82) is 0 Å². The fourth-order valence-electron chi connectivity index (χ4n) is 2.77. The van der Waals surface area contributed by atoms with Crippen molar-refractivity contribution < 1.29 is 18.4 Å². The number of rotatable bonds is 4. The van der Waals surface area contributed by atoms with E-state index in [1.54, 1.807) is 18.2 Å². The Morgan fingerprint density at radius 3 is 2.91 bits per heavy atom. The Bertz CT molecular complexity index is 713. The van der Waals surface area contributed by atoms with E-state index in [-0.39, 0.29) is 36.4 Å². The van der Waals surface area contributed by atoms with Gasteiger partial charge in [0.05, 0.1) is 12.0 Å². The summed E-state index contributed by atoms with van der Waals surface area (Å²) in [4.78, 5) is 25.6. The van der Waals surface area contributed by atoms with Crippen LogP contribution in [0.4, 0.5) is 10.1 Å². The van der Waals surface area contributed by atoms with Crippen molar-refractivity contribution in [3.63, 3.8) is 0 Å². The van der Waals surface area contributed by atoms with Crippen LogP contribution in [0.25, 0.3) is 0 Å². The van der Waals surface area contributed by atoms with Crippen LogP contribution in [0, 0.1) is 5.82 Å².